The molecular formula is C18H27N5O2S2. The van der Waals surface area contributed by atoms with Crippen molar-refractivity contribution < 1.29 is 9.53 Å². The Morgan fingerprint density at radius 3 is 2.93 bits per heavy atom. The molecule has 1 N–H and O–H groups in total. The first-order valence-corrected chi connectivity index (χ1v) is 11.2. The highest BCUT2D eigenvalue weighted by Crippen LogP contribution is 2.27. The van der Waals surface area contributed by atoms with Gasteiger partial charge in [0.15, 0.2) is 11.0 Å². The fraction of sp³-hybridized carbons (Fsp3) is 0.611. The summed E-state index contributed by atoms with van der Waals surface area (Å²) >= 11 is 3.09. The molecule has 1 unspecified atom stereocenters. The van der Waals surface area contributed by atoms with E-state index in [4.69, 9.17) is 4.74 Å². The molecule has 1 atom stereocenters. The monoisotopic (exact) mass is 409 g/mol. The lowest BCUT2D eigenvalue weighted by Crippen LogP contribution is -2.40. The van der Waals surface area contributed by atoms with Gasteiger partial charge in [0.2, 0.25) is 5.91 Å². The summed E-state index contributed by atoms with van der Waals surface area (Å²) in [4.78, 5) is 15.8. The summed E-state index contributed by atoms with van der Waals surface area (Å²) in [5.74, 6) is 1.26. The van der Waals surface area contributed by atoms with Crippen LogP contribution >= 0.6 is 23.1 Å². The van der Waals surface area contributed by atoms with Crippen LogP contribution in [0, 0.1) is 0 Å². The molecule has 148 valence electrons. The Labute approximate surface area is 168 Å². The van der Waals surface area contributed by atoms with Gasteiger partial charge in [-0.05, 0) is 31.7 Å². The van der Waals surface area contributed by atoms with Crippen LogP contribution in [0.4, 0.5) is 0 Å². The summed E-state index contributed by atoms with van der Waals surface area (Å²) < 4.78 is 7.42. The number of ether oxygens (including phenoxy) is 1. The largest absolute Gasteiger partial charge is 0.379 e. The minimum atomic E-state index is 0.0396. The molecule has 0 bridgehead atoms. The van der Waals surface area contributed by atoms with Crippen LogP contribution in [0.2, 0.25) is 0 Å². The van der Waals surface area contributed by atoms with Gasteiger partial charge in [-0.2, -0.15) is 0 Å². The van der Waals surface area contributed by atoms with E-state index in [1.54, 1.807) is 11.3 Å². The second-order valence-corrected chi connectivity index (χ2v) is 8.42. The average Bonchev–Trinajstić information content (AvgIpc) is 3.34. The van der Waals surface area contributed by atoms with Gasteiger partial charge in [0.05, 0.1) is 23.8 Å². The number of carbonyl (C=O) groups excluding carboxylic acids is 1. The van der Waals surface area contributed by atoms with E-state index in [-0.39, 0.29) is 11.9 Å². The van der Waals surface area contributed by atoms with Crippen molar-refractivity contribution in [2.75, 3.05) is 38.6 Å². The molecule has 2 aromatic rings. The fourth-order valence-corrected chi connectivity index (χ4v) is 4.52. The molecule has 0 radical (unpaired) electrons. The van der Waals surface area contributed by atoms with E-state index >= 15 is 0 Å². The van der Waals surface area contributed by atoms with Gasteiger partial charge in [0.25, 0.3) is 0 Å². The van der Waals surface area contributed by atoms with Crippen molar-refractivity contribution in [2.24, 2.45) is 0 Å². The summed E-state index contributed by atoms with van der Waals surface area (Å²) in [6.45, 7) is 9.48. The van der Waals surface area contributed by atoms with E-state index in [0.717, 1.165) is 61.7 Å². The van der Waals surface area contributed by atoms with Crippen molar-refractivity contribution >= 4 is 29.0 Å². The number of aromatic nitrogens is 3. The van der Waals surface area contributed by atoms with Gasteiger partial charge in [0, 0.05) is 32.2 Å². The molecule has 0 aromatic carbocycles. The zero-order valence-corrected chi connectivity index (χ0v) is 17.5. The van der Waals surface area contributed by atoms with Crippen LogP contribution in [-0.4, -0.2) is 70.2 Å². The number of morpholine rings is 1. The Balaban J connectivity index is 1.44. The Morgan fingerprint density at radius 2 is 2.22 bits per heavy atom. The van der Waals surface area contributed by atoms with Gasteiger partial charge in [-0.1, -0.05) is 17.8 Å². The number of carbonyl (C=O) groups is 1. The van der Waals surface area contributed by atoms with Crippen LogP contribution in [0.15, 0.2) is 22.7 Å². The Morgan fingerprint density at radius 1 is 1.41 bits per heavy atom. The van der Waals surface area contributed by atoms with Crippen LogP contribution in [0.25, 0.3) is 10.7 Å². The molecule has 1 aliphatic rings. The predicted octanol–water partition coefficient (Wildman–Crippen LogP) is 2.35. The smallest absolute Gasteiger partial charge is 0.230 e. The van der Waals surface area contributed by atoms with Crippen LogP contribution in [-0.2, 0) is 16.1 Å². The number of rotatable bonds is 9. The first kappa shape index (κ1) is 20.3. The lowest BCUT2D eigenvalue weighted by atomic mass is 10.2. The highest BCUT2D eigenvalue weighted by atomic mass is 32.2. The van der Waals surface area contributed by atoms with Gasteiger partial charge in [-0.3, -0.25) is 9.69 Å². The van der Waals surface area contributed by atoms with Crippen LogP contribution in [0.3, 0.4) is 0 Å². The molecule has 7 nitrogen and oxygen atoms in total. The lowest BCUT2D eigenvalue weighted by Gasteiger charge is -2.27. The molecule has 1 aliphatic heterocycles. The van der Waals surface area contributed by atoms with Gasteiger partial charge in [-0.25, -0.2) is 0 Å². The fourth-order valence-electron chi connectivity index (χ4n) is 2.99. The third kappa shape index (κ3) is 5.78. The van der Waals surface area contributed by atoms with Crippen molar-refractivity contribution in [3.63, 3.8) is 0 Å². The summed E-state index contributed by atoms with van der Waals surface area (Å²) in [5, 5.41) is 14.5. The van der Waals surface area contributed by atoms with Gasteiger partial charge in [-0.15, -0.1) is 21.5 Å². The van der Waals surface area contributed by atoms with E-state index in [2.05, 4.69) is 38.8 Å². The number of thiophene rings is 1. The predicted molar refractivity (Wildman–Crippen MR) is 109 cm³/mol. The number of hydrogen-bond acceptors (Lipinski definition) is 7. The van der Waals surface area contributed by atoms with Crippen LogP contribution in [0.1, 0.15) is 20.3 Å². The Bertz CT molecular complexity index is 713. The average molecular weight is 410 g/mol. The quantitative estimate of drug-likeness (QED) is 0.641. The van der Waals surface area contributed by atoms with E-state index in [0.29, 0.717) is 5.75 Å². The maximum atomic E-state index is 12.3. The molecule has 3 heterocycles. The van der Waals surface area contributed by atoms with Crippen molar-refractivity contribution in [1.29, 1.82) is 0 Å². The molecule has 0 saturated carbocycles. The second kappa shape index (κ2) is 10.2. The van der Waals surface area contributed by atoms with Crippen molar-refractivity contribution in [3.05, 3.63) is 17.5 Å². The van der Waals surface area contributed by atoms with Crippen molar-refractivity contribution in [3.8, 4) is 10.7 Å². The highest BCUT2D eigenvalue weighted by Gasteiger charge is 2.16. The van der Waals surface area contributed by atoms with Gasteiger partial charge in [0.1, 0.15) is 0 Å². The van der Waals surface area contributed by atoms with E-state index in [1.165, 1.54) is 11.8 Å². The number of amides is 1. The third-order valence-electron chi connectivity index (χ3n) is 4.50. The van der Waals surface area contributed by atoms with Crippen LogP contribution in [0.5, 0.6) is 0 Å². The standard InChI is InChI=1S/C18H27N5O2S2/c1-3-23-17(15-5-4-12-26-15)20-21-18(23)27-13-16(24)19-14(2)6-7-22-8-10-25-11-9-22/h4-5,12,14H,3,6-11,13H2,1-2H3,(H,19,24). The van der Waals surface area contributed by atoms with Gasteiger partial charge >= 0.3 is 0 Å². The maximum absolute atomic E-state index is 12.3. The second-order valence-electron chi connectivity index (χ2n) is 6.53. The maximum Gasteiger partial charge on any atom is 0.230 e. The molecule has 2 aromatic heterocycles. The molecule has 27 heavy (non-hydrogen) atoms. The number of hydrogen-bond donors (Lipinski definition) is 1. The molecular weight excluding hydrogens is 382 g/mol. The molecule has 0 spiro atoms. The molecule has 0 aliphatic carbocycles. The molecule has 9 heteroatoms. The van der Waals surface area contributed by atoms with Crippen molar-refractivity contribution in [2.45, 2.75) is 38.0 Å². The number of nitrogens with one attached hydrogen (secondary N) is 1. The zero-order chi connectivity index (χ0) is 19.1. The zero-order valence-electron chi connectivity index (χ0n) is 15.9. The summed E-state index contributed by atoms with van der Waals surface area (Å²) in [7, 11) is 0. The minimum absolute atomic E-state index is 0.0396. The first-order valence-electron chi connectivity index (χ1n) is 9.36. The van der Waals surface area contributed by atoms with Gasteiger partial charge < -0.3 is 14.6 Å². The highest BCUT2D eigenvalue weighted by molar-refractivity contribution is 7.99. The SMILES string of the molecule is CCn1c(SCC(=O)NC(C)CCN2CCOCC2)nnc1-c1cccs1. The molecule has 1 fully saturated rings. The number of nitrogens with zero attached hydrogens (tertiary/aromatic N) is 4. The normalized spacial score (nSPS) is 16.4. The Kier molecular flexibility index (Phi) is 7.69. The third-order valence-corrected chi connectivity index (χ3v) is 6.33. The van der Waals surface area contributed by atoms with Crippen LogP contribution < -0.4 is 5.32 Å². The first-order chi connectivity index (χ1) is 13.2. The number of thioether (sulfide) groups is 1. The molecule has 3 rings (SSSR count). The lowest BCUT2D eigenvalue weighted by molar-refractivity contribution is -0.119. The Hall–Kier alpha value is -1.42. The van der Waals surface area contributed by atoms with E-state index in [9.17, 15) is 4.79 Å². The summed E-state index contributed by atoms with van der Waals surface area (Å²) in [5.41, 5.74) is 0. The minimum Gasteiger partial charge on any atom is -0.379 e. The van der Waals surface area contributed by atoms with E-state index in [1.807, 2.05) is 17.5 Å². The molecule has 1 saturated heterocycles. The topological polar surface area (TPSA) is 72.3 Å². The summed E-state index contributed by atoms with van der Waals surface area (Å²) in [6, 6.07) is 4.21. The molecule has 1 amide bonds. The summed E-state index contributed by atoms with van der Waals surface area (Å²) in [6.07, 6.45) is 0.948. The van der Waals surface area contributed by atoms with E-state index < -0.39 is 0 Å². The van der Waals surface area contributed by atoms with Crippen molar-refractivity contribution in [1.82, 2.24) is 25.0 Å².